The molecule has 0 bridgehead atoms. The first-order chi connectivity index (χ1) is 8.03. The minimum absolute atomic E-state index is 0.0465. The molecule has 0 aliphatic rings. The molecule has 3 heteroatoms. The van der Waals surface area contributed by atoms with Crippen LogP contribution in [-0.2, 0) is 0 Å². The molecule has 0 radical (unpaired) electrons. The van der Waals surface area contributed by atoms with E-state index in [0.717, 1.165) is 24.3 Å². The molecule has 0 atom stereocenters. The summed E-state index contributed by atoms with van der Waals surface area (Å²) in [4.78, 5) is 10.9. The lowest BCUT2D eigenvalue weighted by Crippen LogP contribution is -2.08. The van der Waals surface area contributed by atoms with Gasteiger partial charge < -0.3 is 10.0 Å². The third kappa shape index (κ3) is 1.75. The molecule has 1 aromatic rings. The van der Waals surface area contributed by atoms with E-state index in [1.54, 1.807) is 0 Å². The number of hydrogen-bond donors (Lipinski definition) is 1. The number of aromatic carboxylic acids is 1. The van der Waals surface area contributed by atoms with Gasteiger partial charge in [-0.2, -0.15) is 0 Å². The van der Waals surface area contributed by atoms with E-state index in [2.05, 4.69) is 0 Å². The van der Waals surface area contributed by atoms with Gasteiger partial charge in [-0.3, -0.25) is 0 Å². The molecule has 3 nitrogen and oxygen atoms in total. The summed E-state index contributed by atoms with van der Waals surface area (Å²) in [5.41, 5.74) is -0.130. The van der Waals surface area contributed by atoms with Crippen LogP contribution in [0.2, 0.25) is 0 Å². The van der Waals surface area contributed by atoms with E-state index in [4.69, 9.17) is 13.3 Å². The zero-order chi connectivity index (χ0) is 14.1. The zero-order valence-corrected chi connectivity index (χ0v) is 6.11. The molecule has 0 saturated carbocycles. The fourth-order valence-electron chi connectivity index (χ4n) is 0.753. The van der Waals surface area contributed by atoms with Crippen molar-refractivity contribution in [2.24, 2.45) is 0 Å². The van der Waals surface area contributed by atoms with Crippen molar-refractivity contribution in [1.29, 1.82) is 0 Å². The summed E-state index contributed by atoms with van der Waals surface area (Å²) < 4.78 is 43.2. The third-order valence-electron chi connectivity index (χ3n) is 1.37. The van der Waals surface area contributed by atoms with Crippen molar-refractivity contribution in [2.45, 2.75) is 0 Å². The Balaban J connectivity index is 3.20. The Bertz CT molecular complexity index is 422. The van der Waals surface area contributed by atoms with Gasteiger partial charge in [-0.05, 0) is 24.3 Å². The highest BCUT2D eigenvalue weighted by molar-refractivity contribution is 5.88. The summed E-state index contributed by atoms with van der Waals surface area (Å²) in [5, 5.41) is 8.70. The number of benzene rings is 1. The number of rotatable bonds is 2. The van der Waals surface area contributed by atoms with Crippen molar-refractivity contribution >= 4 is 11.7 Å². The smallest absolute Gasteiger partial charge is 0.335 e. The number of carboxylic acids is 1. The Morgan fingerprint density at radius 2 is 2.00 bits per heavy atom. The second kappa shape index (κ2) is 3.26. The van der Waals surface area contributed by atoms with Crippen LogP contribution in [0.25, 0.3) is 0 Å². The average Bonchev–Trinajstić information content (AvgIpc) is 2.13. The molecule has 64 valence electrons. The molecule has 0 aromatic heterocycles. The van der Waals surface area contributed by atoms with Gasteiger partial charge in [0.15, 0.2) is 0 Å². The third-order valence-corrected chi connectivity index (χ3v) is 1.37. The number of hydrogen-bond acceptors (Lipinski definition) is 2. The van der Waals surface area contributed by atoms with Crippen LogP contribution in [0.15, 0.2) is 24.3 Å². The number of anilines is 1. The quantitative estimate of drug-likeness (QED) is 0.732. The lowest BCUT2D eigenvalue weighted by Gasteiger charge is -2.11. The molecule has 0 aliphatic carbocycles. The second-order valence-electron chi connectivity index (χ2n) is 2.19. The summed E-state index contributed by atoms with van der Waals surface area (Å²) in [6, 6.07) is 4.62. The van der Waals surface area contributed by atoms with Gasteiger partial charge in [-0.1, -0.05) is 0 Å². The van der Waals surface area contributed by atoms with E-state index < -0.39 is 19.9 Å². The molecule has 12 heavy (non-hydrogen) atoms. The monoisotopic (exact) mass is 171 g/mol. The van der Waals surface area contributed by atoms with Crippen molar-refractivity contribution in [3.8, 4) is 0 Å². The highest BCUT2D eigenvalue weighted by atomic mass is 16.4. The predicted octanol–water partition coefficient (Wildman–Crippen LogP) is 1.45. The molecule has 1 rings (SSSR count). The van der Waals surface area contributed by atoms with E-state index in [9.17, 15) is 4.79 Å². The molecule has 0 fully saturated rings. The van der Waals surface area contributed by atoms with Gasteiger partial charge in [0, 0.05) is 27.9 Å². The molecule has 0 saturated heterocycles. The first kappa shape index (κ1) is 3.47. The number of carbonyl (C=O) groups is 1. The summed E-state index contributed by atoms with van der Waals surface area (Å²) in [6.07, 6.45) is 0. The molecular weight excluding hydrogens is 154 g/mol. The number of carboxylic acid groups (broad SMARTS) is 1. The maximum atomic E-state index is 10.6. The topological polar surface area (TPSA) is 40.5 Å². The van der Waals surface area contributed by atoms with Crippen LogP contribution in [0.5, 0.6) is 0 Å². The zero-order valence-electron chi connectivity index (χ0n) is 12.1. The van der Waals surface area contributed by atoms with Gasteiger partial charge in [0.05, 0.1) is 5.56 Å². The number of nitrogens with zero attached hydrogens (tertiary/aromatic N) is 1. The van der Waals surface area contributed by atoms with Crippen LogP contribution in [0, 0.1) is 0 Å². The highest BCUT2D eigenvalue weighted by Crippen LogP contribution is 2.11. The van der Waals surface area contributed by atoms with Crippen LogP contribution in [0.3, 0.4) is 0 Å². The van der Waals surface area contributed by atoms with Gasteiger partial charge in [0.1, 0.15) is 0 Å². The fourth-order valence-corrected chi connectivity index (χ4v) is 0.753. The lowest BCUT2D eigenvalue weighted by molar-refractivity contribution is 0.0697. The van der Waals surface area contributed by atoms with E-state index in [1.807, 2.05) is 0 Å². The molecule has 0 unspecified atom stereocenters. The minimum Gasteiger partial charge on any atom is -0.478 e. The minimum atomic E-state index is -2.84. The second-order valence-corrected chi connectivity index (χ2v) is 2.19. The van der Waals surface area contributed by atoms with Crippen LogP contribution < -0.4 is 4.90 Å². The Hall–Kier alpha value is -1.51. The van der Waals surface area contributed by atoms with Crippen molar-refractivity contribution in [2.75, 3.05) is 18.9 Å². The van der Waals surface area contributed by atoms with Crippen molar-refractivity contribution in [3.63, 3.8) is 0 Å². The van der Waals surface area contributed by atoms with Gasteiger partial charge in [0.2, 0.25) is 0 Å². The van der Waals surface area contributed by atoms with Gasteiger partial charge in [0.25, 0.3) is 0 Å². The predicted molar refractivity (Wildman–Crippen MR) is 47.7 cm³/mol. The molecule has 1 aromatic carbocycles. The Kier molecular flexibility index (Phi) is 0.943. The van der Waals surface area contributed by atoms with E-state index >= 15 is 0 Å². The maximum absolute atomic E-state index is 10.6. The SMILES string of the molecule is [2H]C([2H])([2H])N(c1ccc(C(=O)O)cc1)C([2H])([2H])[2H]. The van der Waals surface area contributed by atoms with E-state index in [-0.39, 0.29) is 11.3 Å². The first-order valence-electron chi connectivity index (χ1n) is 6.17. The Morgan fingerprint density at radius 1 is 1.42 bits per heavy atom. The first-order valence-corrected chi connectivity index (χ1v) is 3.17. The maximum Gasteiger partial charge on any atom is 0.335 e. The summed E-state index contributed by atoms with van der Waals surface area (Å²) >= 11 is 0. The fraction of sp³-hybridized carbons (Fsp3) is 0.222. The Labute approximate surface area is 79.7 Å². The van der Waals surface area contributed by atoms with Crippen LogP contribution in [-0.4, -0.2) is 25.0 Å². The summed E-state index contributed by atoms with van der Waals surface area (Å²) in [5.74, 6) is -1.17. The van der Waals surface area contributed by atoms with Crippen LogP contribution in [0.1, 0.15) is 18.6 Å². The summed E-state index contributed by atoms with van der Waals surface area (Å²) in [6.45, 7) is -5.67. The van der Waals surface area contributed by atoms with Crippen LogP contribution in [0.4, 0.5) is 5.69 Å². The Morgan fingerprint density at radius 3 is 2.42 bits per heavy atom. The summed E-state index contributed by atoms with van der Waals surface area (Å²) in [7, 11) is 0. The lowest BCUT2D eigenvalue weighted by atomic mass is 10.2. The van der Waals surface area contributed by atoms with Crippen molar-refractivity contribution < 1.29 is 18.1 Å². The highest BCUT2D eigenvalue weighted by Gasteiger charge is 2.01. The average molecular weight is 171 g/mol. The van der Waals surface area contributed by atoms with E-state index in [1.165, 1.54) is 0 Å². The van der Waals surface area contributed by atoms with Crippen molar-refractivity contribution in [1.82, 2.24) is 0 Å². The standard InChI is InChI=1S/C9H11NO2/c1-10(2)8-5-3-7(4-6-8)9(11)12/h3-6H,1-2H3,(H,11,12)/i1D3,2D3. The molecule has 0 amide bonds. The largest absolute Gasteiger partial charge is 0.478 e. The van der Waals surface area contributed by atoms with Gasteiger partial charge >= 0.3 is 5.97 Å². The van der Waals surface area contributed by atoms with Gasteiger partial charge in [-0.25, -0.2) is 4.79 Å². The normalized spacial score (nSPS) is 19.0. The van der Waals surface area contributed by atoms with Gasteiger partial charge in [-0.15, -0.1) is 0 Å². The molecule has 0 aliphatic heterocycles. The molecule has 0 spiro atoms. The van der Waals surface area contributed by atoms with Crippen molar-refractivity contribution in [3.05, 3.63) is 29.8 Å². The van der Waals surface area contributed by atoms with E-state index in [0.29, 0.717) is 4.90 Å². The molecular formula is C9H11NO2. The molecule has 1 N–H and O–H groups in total. The van der Waals surface area contributed by atoms with Crippen LogP contribution >= 0.6 is 0 Å². The molecule has 0 heterocycles.